The number of phenolic OH excluding ortho intramolecular Hbond substituents is 2. The first-order valence-electron chi connectivity index (χ1n) is 6.79. The Bertz CT molecular complexity index is 1080. The minimum atomic E-state index is -0.608. The van der Waals surface area contributed by atoms with Gasteiger partial charge in [0.1, 0.15) is 11.6 Å². The maximum atomic E-state index is 12.3. The molecule has 0 saturated heterocycles. The first kappa shape index (κ1) is 15.1. The Morgan fingerprint density at radius 1 is 1.17 bits per heavy atom. The average molecular weight is 322 g/mol. The van der Waals surface area contributed by atoms with Crippen LogP contribution < -0.4 is 5.76 Å². The molecule has 0 amide bonds. The van der Waals surface area contributed by atoms with Crippen LogP contribution in [0.15, 0.2) is 51.2 Å². The van der Waals surface area contributed by atoms with Crippen LogP contribution >= 0.6 is 0 Å². The molecular weight excluding hydrogens is 312 g/mol. The molecule has 3 rings (SSSR count). The Hall–Kier alpha value is -3.79. The summed E-state index contributed by atoms with van der Waals surface area (Å²) in [4.78, 5) is 26.0. The SMILES string of the molecule is N#CC(=Cc1ccc2[nH]c(=O)oc2c1)C(=O)c1ccc(O)c(O)c1. The van der Waals surface area contributed by atoms with Gasteiger partial charge in [-0.05, 0) is 42.0 Å². The van der Waals surface area contributed by atoms with E-state index < -0.39 is 17.3 Å². The van der Waals surface area contributed by atoms with E-state index in [2.05, 4.69) is 4.98 Å². The minimum absolute atomic E-state index is 0.0624. The zero-order chi connectivity index (χ0) is 17.3. The molecule has 0 fully saturated rings. The summed E-state index contributed by atoms with van der Waals surface area (Å²) in [6.07, 6.45) is 1.35. The van der Waals surface area contributed by atoms with Crippen LogP contribution in [0.2, 0.25) is 0 Å². The molecule has 0 aliphatic heterocycles. The van der Waals surface area contributed by atoms with Crippen molar-refractivity contribution < 1.29 is 19.4 Å². The van der Waals surface area contributed by atoms with Crippen molar-refractivity contribution in [1.29, 1.82) is 5.26 Å². The standard InChI is InChI=1S/C17H10N2O5/c18-8-11(16(22)10-2-4-13(20)14(21)7-10)5-9-1-3-12-15(6-9)24-17(23)19-12/h1-7,20-21H,(H,19,23). The molecule has 0 radical (unpaired) electrons. The molecule has 1 heterocycles. The molecule has 0 bridgehead atoms. The number of carbonyl (C=O) groups is 1. The van der Waals surface area contributed by atoms with E-state index in [0.29, 0.717) is 16.7 Å². The number of aromatic hydroxyl groups is 2. The number of oxazole rings is 1. The van der Waals surface area contributed by atoms with E-state index in [1.807, 2.05) is 0 Å². The number of aromatic amines is 1. The van der Waals surface area contributed by atoms with Gasteiger partial charge >= 0.3 is 5.76 Å². The van der Waals surface area contributed by atoms with Crippen molar-refractivity contribution in [1.82, 2.24) is 4.98 Å². The lowest BCUT2D eigenvalue weighted by molar-refractivity contribution is 0.103. The monoisotopic (exact) mass is 322 g/mol. The van der Waals surface area contributed by atoms with Gasteiger partial charge in [0.15, 0.2) is 17.1 Å². The molecule has 0 unspecified atom stereocenters. The largest absolute Gasteiger partial charge is 0.504 e. The number of rotatable bonds is 3. The maximum Gasteiger partial charge on any atom is 0.417 e. The van der Waals surface area contributed by atoms with Crippen molar-refractivity contribution in [2.75, 3.05) is 0 Å². The third kappa shape index (κ3) is 2.76. The van der Waals surface area contributed by atoms with Crippen LogP contribution in [0.4, 0.5) is 0 Å². The molecule has 7 nitrogen and oxygen atoms in total. The number of benzene rings is 2. The van der Waals surface area contributed by atoms with E-state index in [0.717, 1.165) is 12.1 Å². The maximum absolute atomic E-state index is 12.3. The van der Waals surface area contributed by atoms with Crippen LogP contribution in [0, 0.1) is 11.3 Å². The van der Waals surface area contributed by atoms with Crippen LogP contribution in [0.25, 0.3) is 17.2 Å². The fourth-order valence-corrected chi connectivity index (χ4v) is 2.19. The summed E-state index contributed by atoms with van der Waals surface area (Å²) in [7, 11) is 0. The fourth-order valence-electron chi connectivity index (χ4n) is 2.19. The second kappa shape index (κ2) is 5.78. The van der Waals surface area contributed by atoms with E-state index in [1.54, 1.807) is 18.2 Å². The molecule has 0 aliphatic carbocycles. The number of carbonyl (C=O) groups excluding carboxylic acids is 1. The zero-order valence-electron chi connectivity index (χ0n) is 12.1. The molecule has 0 saturated carbocycles. The first-order chi connectivity index (χ1) is 11.5. The minimum Gasteiger partial charge on any atom is -0.504 e. The number of Topliss-reactive ketones (excluding diaryl/α,β-unsaturated/α-hetero) is 1. The van der Waals surface area contributed by atoms with E-state index in [9.17, 15) is 25.1 Å². The number of H-pyrrole nitrogens is 1. The van der Waals surface area contributed by atoms with E-state index in [-0.39, 0.29) is 16.9 Å². The highest BCUT2D eigenvalue weighted by Crippen LogP contribution is 2.26. The summed E-state index contributed by atoms with van der Waals surface area (Å²) in [6, 6.07) is 10.1. The van der Waals surface area contributed by atoms with Crippen LogP contribution in [0.1, 0.15) is 15.9 Å². The van der Waals surface area contributed by atoms with Gasteiger partial charge in [0, 0.05) is 5.56 Å². The van der Waals surface area contributed by atoms with Gasteiger partial charge in [-0.15, -0.1) is 0 Å². The van der Waals surface area contributed by atoms with Crippen molar-refractivity contribution in [3.8, 4) is 17.6 Å². The summed E-state index contributed by atoms with van der Waals surface area (Å²) in [5.74, 6) is -2.01. The number of phenols is 2. The summed E-state index contributed by atoms with van der Waals surface area (Å²) in [5.41, 5.74) is 1.20. The molecule has 1 aromatic heterocycles. The Kier molecular flexibility index (Phi) is 3.64. The number of fused-ring (bicyclic) bond motifs is 1. The Labute approximate surface area is 134 Å². The van der Waals surface area contributed by atoms with Gasteiger partial charge in [-0.3, -0.25) is 9.78 Å². The summed E-state index contributed by atoms with van der Waals surface area (Å²) >= 11 is 0. The van der Waals surface area contributed by atoms with Crippen molar-refractivity contribution >= 4 is 23.0 Å². The Morgan fingerprint density at radius 2 is 1.96 bits per heavy atom. The molecule has 24 heavy (non-hydrogen) atoms. The van der Waals surface area contributed by atoms with Gasteiger partial charge in [0.05, 0.1) is 5.52 Å². The highest BCUT2D eigenvalue weighted by molar-refractivity contribution is 6.14. The Balaban J connectivity index is 2.00. The third-order valence-electron chi connectivity index (χ3n) is 3.36. The first-order valence-corrected chi connectivity index (χ1v) is 6.79. The number of nitrogens with one attached hydrogen (secondary N) is 1. The third-order valence-corrected chi connectivity index (χ3v) is 3.36. The molecule has 0 atom stereocenters. The number of allylic oxidation sites excluding steroid dienone is 1. The molecule has 0 aliphatic rings. The average Bonchev–Trinajstić information content (AvgIpc) is 2.93. The van der Waals surface area contributed by atoms with Gasteiger partial charge in [0.25, 0.3) is 0 Å². The Morgan fingerprint density at radius 3 is 2.67 bits per heavy atom. The normalized spacial score (nSPS) is 11.4. The molecule has 3 N–H and O–H groups in total. The second-order valence-electron chi connectivity index (χ2n) is 4.97. The van der Waals surface area contributed by atoms with Gasteiger partial charge in [-0.2, -0.15) is 5.26 Å². The zero-order valence-corrected chi connectivity index (χ0v) is 12.1. The van der Waals surface area contributed by atoms with Crippen molar-refractivity contribution in [2.45, 2.75) is 0 Å². The number of aromatic nitrogens is 1. The lowest BCUT2D eigenvalue weighted by atomic mass is 10.0. The molecule has 7 heteroatoms. The van der Waals surface area contributed by atoms with Gasteiger partial charge in [-0.1, -0.05) is 6.07 Å². The summed E-state index contributed by atoms with van der Waals surface area (Å²) < 4.78 is 4.93. The predicted molar refractivity (Wildman–Crippen MR) is 84.5 cm³/mol. The summed E-state index contributed by atoms with van der Waals surface area (Å²) in [5, 5.41) is 28.0. The second-order valence-corrected chi connectivity index (χ2v) is 4.97. The fraction of sp³-hybridized carbons (Fsp3) is 0. The van der Waals surface area contributed by atoms with Crippen molar-refractivity contribution in [3.05, 3.63) is 63.6 Å². The topological polar surface area (TPSA) is 127 Å². The van der Waals surface area contributed by atoms with Gasteiger partial charge in [0.2, 0.25) is 5.78 Å². The number of ketones is 1. The van der Waals surface area contributed by atoms with E-state index in [1.165, 1.54) is 18.2 Å². The van der Waals surface area contributed by atoms with Crippen LogP contribution in [0.3, 0.4) is 0 Å². The number of nitrogens with zero attached hydrogens (tertiary/aromatic N) is 1. The van der Waals surface area contributed by atoms with Crippen LogP contribution in [0.5, 0.6) is 11.5 Å². The number of nitriles is 1. The van der Waals surface area contributed by atoms with Gasteiger partial charge < -0.3 is 14.6 Å². The van der Waals surface area contributed by atoms with Crippen molar-refractivity contribution in [2.24, 2.45) is 0 Å². The lowest BCUT2D eigenvalue weighted by Crippen LogP contribution is -2.01. The molecule has 0 spiro atoms. The number of hydrogen-bond acceptors (Lipinski definition) is 6. The molecular formula is C17H10N2O5. The predicted octanol–water partition coefficient (Wildman–Crippen LogP) is 2.32. The lowest BCUT2D eigenvalue weighted by Gasteiger charge is -2.02. The smallest absolute Gasteiger partial charge is 0.417 e. The van der Waals surface area contributed by atoms with Gasteiger partial charge in [-0.25, -0.2) is 4.79 Å². The molecule has 3 aromatic rings. The van der Waals surface area contributed by atoms with E-state index >= 15 is 0 Å². The molecule has 2 aromatic carbocycles. The number of hydrogen-bond donors (Lipinski definition) is 3. The highest BCUT2D eigenvalue weighted by Gasteiger charge is 2.14. The highest BCUT2D eigenvalue weighted by atomic mass is 16.4. The van der Waals surface area contributed by atoms with Crippen LogP contribution in [-0.4, -0.2) is 21.0 Å². The van der Waals surface area contributed by atoms with E-state index in [4.69, 9.17) is 4.42 Å². The van der Waals surface area contributed by atoms with Crippen LogP contribution in [-0.2, 0) is 0 Å². The molecule has 118 valence electrons. The summed E-state index contributed by atoms with van der Waals surface area (Å²) in [6.45, 7) is 0. The quantitative estimate of drug-likeness (QED) is 0.294. The van der Waals surface area contributed by atoms with Crippen molar-refractivity contribution in [3.63, 3.8) is 0 Å².